The molecular formula is C19H16ClN5OS. The second-order valence-electron chi connectivity index (χ2n) is 6.04. The molecule has 0 saturated carbocycles. The van der Waals surface area contributed by atoms with Crippen molar-refractivity contribution in [3.8, 4) is 5.69 Å². The Hall–Kier alpha value is -2.90. The summed E-state index contributed by atoms with van der Waals surface area (Å²) in [5.41, 5.74) is 6.98. The first-order valence-corrected chi connectivity index (χ1v) is 9.50. The van der Waals surface area contributed by atoms with Gasteiger partial charge in [0.2, 0.25) is 0 Å². The summed E-state index contributed by atoms with van der Waals surface area (Å²) in [6.45, 7) is 4.10. The Kier molecular flexibility index (Phi) is 4.55. The number of hydrazone groups is 1. The van der Waals surface area contributed by atoms with Gasteiger partial charge >= 0.3 is 0 Å². The number of amides is 1. The van der Waals surface area contributed by atoms with Crippen LogP contribution < -0.4 is 5.43 Å². The number of hydrogen-bond donors (Lipinski definition) is 1. The molecule has 0 atom stereocenters. The van der Waals surface area contributed by atoms with Crippen LogP contribution in [0.4, 0.5) is 0 Å². The summed E-state index contributed by atoms with van der Waals surface area (Å²) >= 11 is 7.58. The highest BCUT2D eigenvalue weighted by Gasteiger charge is 2.10. The molecule has 0 unspecified atom stereocenters. The number of rotatable bonds is 4. The fourth-order valence-electron chi connectivity index (χ4n) is 2.95. The van der Waals surface area contributed by atoms with Crippen LogP contribution in [0.5, 0.6) is 0 Å². The summed E-state index contributed by atoms with van der Waals surface area (Å²) in [6, 6.07) is 11.5. The van der Waals surface area contributed by atoms with Gasteiger partial charge in [0.1, 0.15) is 5.69 Å². The normalized spacial score (nSPS) is 11.5. The number of halogens is 1. The average Bonchev–Trinajstić information content (AvgIpc) is 3.32. The van der Waals surface area contributed by atoms with Crippen molar-refractivity contribution in [3.05, 3.63) is 75.8 Å². The maximum Gasteiger partial charge on any atom is 0.271 e. The van der Waals surface area contributed by atoms with Crippen LogP contribution in [0, 0.1) is 13.8 Å². The second kappa shape index (κ2) is 7.02. The van der Waals surface area contributed by atoms with E-state index >= 15 is 0 Å². The number of imidazole rings is 1. The predicted octanol–water partition coefficient (Wildman–Crippen LogP) is 4.22. The molecule has 1 N–H and O–H groups in total. The molecule has 3 aromatic heterocycles. The van der Waals surface area contributed by atoms with Crippen molar-refractivity contribution in [1.29, 1.82) is 0 Å². The number of benzene rings is 1. The Labute approximate surface area is 164 Å². The molecule has 3 heterocycles. The SMILES string of the molecule is Cc1ccc(C)n1-c1ccc(C(=O)N/N=C/c2c(Cl)nc3sccn23)cc1. The van der Waals surface area contributed by atoms with Gasteiger partial charge in [0.15, 0.2) is 10.1 Å². The minimum atomic E-state index is -0.291. The van der Waals surface area contributed by atoms with Gasteiger partial charge in [-0.05, 0) is 50.2 Å². The van der Waals surface area contributed by atoms with Gasteiger partial charge in [0.05, 0.1) is 6.21 Å². The maximum atomic E-state index is 12.3. The van der Waals surface area contributed by atoms with Crippen LogP contribution >= 0.6 is 22.9 Å². The number of thiazole rings is 1. The smallest absolute Gasteiger partial charge is 0.271 e. The van der Waals surface area contributed by atoms with Gasteiger partial charge in [-0.25, -0.2) is 10.4 Å². The summed E-state index contributed by atoms with van der Waals surface area (Å²) in [4.78, 5) is 17.3. The van der Waals surface area contributed by atoms with Crippen molar-refractivity contribution in [2.75, 3.05) is 0 Å². The Balaban J connectivity index is 1.49. The maximum absolute atomic E-state index is 12.3. The Morgan fingerprint density at radius 3 is 2.59 bits per heavy atom. The Morgan fingerprint density at radius 1 is 1.19 bits per heavy atom. The van der Waals surface area contributed by atoms with E-state index in [1.807, 2.05) is 42.0 Å². The molecule has 0 radical (unpaired) electrons. The van der Waals surface area contributed by atoms with Crippen molar-refractivity contribution in [1.82, 2.24) is 19.4 Å². The largest absolute Gasteiger partial charge is 0.319 e. The summed E-state index contributed by atoms with van der Waals surface area (Å²) in [5, 5.41) is 6.27. The third kappa shape index (κ3) is 3.27. The van der Waals surface area contributed by atoms with Crippen LogP contribution in [-0.2, 0) is 0 Å². The molecular weight excluding hydrogens is 382 g/mol. The van der Waals surface area contributed by atoms with Gasteiger partial charge in [-0.15, -0.1) is 11.3 Å². The molecule has 4 aromatic rings. The first kappa shape index (κ1) is 17.5. The number of fused-ring (bicyclic) bond motifs is 1. The van der Waals surface area contributed by atoms with Crippen LogP contribution in [0.3, 0.4) is 0 Å². The average molecular weight is 398 g/mol. The molecule has 8 heteroatoms. The van der Waals surface area contributed by atoms with E-state index < -0.39 is 0 Å². The summed E-state index contributed by atoms with van der Waals surface area (Å²) in [6.07, 6.45) is 3.35. The van der Waals surface area contributed by atoms with Crippen molar-refractivity contribution >= 4 is 40.0 Å². The van der Waals surface area contributed by atoms with E-state index in [1.54, 1.807) is 12.1 Å². The monoisotopic (exact) mass is 397 g/mol. The molecule has 136 valence electrons. The number of nitrogens with zero attached hydrogens (tertiary/aromatic N) is 4. The number of aryl methyl sites for hydroxylation is 2. The van der Waals surface area contributed by atoms with Crippen LogP contribution in [0.25, 0.3) is 10.6 Å². The van der Waals surface area contributed by atoms with Crippen molar-refractivity contribution in [2.45, 2.75) is 13.8 Å². The number of hydrogen-bond acceptors (Lipinski definition) is 4. The zero-order valence-electron chi connectivity index (χ0n) is 14.7. The molecule has 1 amide bonds. The fourth-order valence-corrected chi connectivity index (χ4v) is 3.94. The van der Waals surface area contributed by atoms with Gasteiger partial charge in [0.25, 0.3) is 5.91 Å². The van der Waals surface area contributed by atoms with E-state index in [0.717, 1.165) is 22.0 Å². The van der Waals surface area contributed by atoms with E-state index in [9.17, 15) is 4.79 Å². The third-order valence-electron chi connectivity index (χ3n) is 4.27. The molecule has 0 spiro atoms. The summed E-state index contributed by atoms with van der Waals surface area (Å²) in [5.74, 6) is -0.291. The first-order valence-electron chi connectivity index (χ1n) is 8.24. The van der Waals surface area contributed by atoms with E-state index in [4.69, 9.17) is 11.6 Å². The minimum Gasteiger partial charge on any atom is -0.319 e. The standard InChI is InChI=1S/C19H16ClN5OS/c1-12-3-4-13(2)25(12)15-7-5-14(6-8-15)18(26)23-21-11-16-17(20)22-19-24(16)9-10-27-19/h3-11H,1-2H3,(H,23,26)/b21-11+. The topological polar surface area (TPSA) is 63.7 Å². The van der Waals surface area contributed by atoms with E-state index in [-0.39, 0.29) is 5.91 Å². The van der Waals surface area contributed by atoms with Gasteiger partial charge in [0, 0.05) is 34.2 Å². The zero-order valence-corrected chi connectivity index (χ0v) is 16.3. The van der Waals surface area contributed by atoms with Crippen LogP contribution in [0.1, 0.15) is 27.4 Å². The van der Waals surface area contributed by atoms with Gasteiger partial charge in [-0.3, -0.25) is 9.20 Å². The number of nitrogens with one attached hydrogen (secondary N) is 1. The minimum absolute atomic E-state index is 0.291. The van der Waals surface area contributed by atoms with Gasteiger partial charge in [-0.1, -0.05) is 11.6 Å². The van der Waals surface area contributed by atoms with Gasteiger partial charge in [-0.2, -0.15) is 5.10 Å². The molecule has 0 fully saturated rings. The van der Waals surface area contributed by atoms with E-state index in [0.29, 0.717) is 16.4 Å². The highest BCUT2D eigenvalue weighted by atomic mass is 35.5. The van der Waals surface area contributed by atoms with Crippen LogP contribution in [0.2, 0.25) is 5.15 Å². The predicted molar refractivity (Wildman–Crippen MR) is 108 cm³/mol. The molecule has 1 aromatic carbocycles. The fraction of sp³-hybridized carbons (Fsp3) is 0.105. The number of aromatic nitrogens is 3. The molecule has 0 aliphatic rings. The van der Waals surface area contributed by atoms with Crippen molar-refractivity contribution < 1.29 is 4.79 Å². The molecule has 4 rings (SSSR count). The molecule has 0 aliphatic heterocycles. The Morgan fingerprint density at radius 2 is 1.89 bits per heavy atom. The van der Waals surface area contributed by atoms with Crippen molar-refractivity contribution in [2.24, 2.45) is 5.10 Å². The lowest BCUT2D eigenvalue weighted by Gasteiger charge is -2.10. The van der Waals surface area contributed by atoms with Crippen LogP contribution in [-0.4, -0.2) is 26.1 Å². The summed E-state index contributed by atoms with van der Waals surface area (Å²) in [7, 11) is 0. The van der Waals surface area contributed by atoms with E-state index in [1.165, 1.54) is 17.6 Å². The quantitative estimate of drug-likeness (QED) is 0.414. The Bertz CT molecular complexity index is 1130. The molecule has 6 nitrogen and oxygen atoms in total. The summed E-state index contributed by atoms with van der Waals surface area (Å²) < 4.78 is 3.95. The highest BCUT2D eigenvalue weighted by Crippen LogP contribution is 2.20. The zero-order chi connectivity index (χ0) is 19.0. The molecule has 0 bridgehead atoms. The molecule has 0 aliphatic carbocycles. The van der Waals surface area contributed by atoms with E-state index in [2.05, 4.69) is 32.2 Å². The third-order valence-corrected chi connectivity index (χ3v) is 5.30. The first-order chi connectivity index (χ1) is 13.0. The van der Waals surface area contributed by atoms with Crippen LogP contribution in [0.15, 0.2) is 53.1 Å². The second-order valence-corrected chi connectivity index (χ2v) is 7.27. The molecule has 27 heavy (non-hydrogen) atoms. The highest BCUT2D eigenvalue weighted by molar-refractivity contribution is 7.15. The lowest BCUT2D eigenvalue weighted by atomic mass is 10.2. The number of carbonyl (C=O) groups excluding carboxylic acids is 1. The number of carbonyl (C=O) groups is 1. The van der Waals surface area contributed by atoms with Crippen molar-refractivity contribution in [3.63, 3.8) is 0 Å². The van der Waals surface area contributed by atoms with Gasteiger partial charge < -0.3 is 4.57 Å². The lowest BCUT2D eigenvalue weighted by Crippen LogP contribution is -2.17. The lowest BCUT2D eigenvalue weighted by molar-refractivity contribution is 0.0955. The molecule has 0 saturated heterocycles.